The highest BCUT2D eigenvalue weighted by atomic mass is 16.2. The molecule has 0 bridgehead atoms. The van der Waals surface area contributed by atoms with Gasteiger partial charge in [-0.3, -0.25) is 4.79 Å². The third-order valence-corrected chi connectivity index (χ3v) is 4.56. The fourth-order valence-electron chi connectivity index (χ4n) is 2.90. The molecule has 0 saturated carbocycles. The summed E-state index contributed by atoms with van der Waals surface area (Å²) in [6, 6.07) is 14.0. The van der Waals surface area contributed by atoms with Gasteiger partial charge in [0.05, 0.1) is 11.4 Å². The number of aryl methyl sites for hydroxylation is 2. The first kappa shape index (κ1) is 16.4. The Kier molecular flexibility index (Phi) is 4.52. The van der Waals surface area contributed by atoms with Crippen molar-refractivity contribution in [3.8, 4) is 0 Å². The second kappa shape index (κ2) is 6.60. The molecule has 1 aliphatic rings. The van der Waals surface area contributed by atoms with Gasteiger partial charge in [-0.05, 0) is 55.5 Å². The minimum Gasteiger partial charge on any atom is -0.306 e. The number of hydrogen-bond donors (Lipinski definition) is 0. The van der Waals surface area contributed by atoms with Crippen molar-refractivity contribution in [2.24, 2.45) is 10.9 Å². The molecule has 2 aromatic carbocycles. The van der Waals surface area contributed by atoms with Crippen LogP contribution in [-0.2, 0) is 4.79 Å². The summed E-state index contributed by atoms with van der Waals surface area (Å²) in [6.07, 6.45) is 0.983. The number of rotatable bonds is 4. The summed E-state index contributed by atoms with van der Waals surface area (Å²) in [5.41, 5.74) is 5.72. The molecule has 0 aliphatic carbocycles. The Bertz CT molecular complexity index is 805. The summed E-state index contributed by atoms with van der Waals surface area (Å²) in [7, 11) is 0. The highest BCUT2D eigenvalue weighted by molar-refractivity contribution is 6.54. The number of carbonyl (C=O) groups excluding carboxylic acids is 1. The van der Waals surface area contributed by atoms with Gasteiger partial charge < -0.3 is 4.90 Å². The quantitative estimate of drug-likeness (QED) is 0.795. The van der Waals surface area contributed by atoms with E-state index in [0.29, 0.717) is 11.6 Å². The molecule has 1 amide bonds. The van der Waals surface area contributed by atoms with Crippen LogP contribution in [0.1, 0.15) is 37.0 Å². The van der Waals surface area contributed by atoms with Gasteiger partial charge in [0.25, 0.3) is 5.91 Å². The second-order valence-corrected chi connectivity index (χ2v) is 6.89. The topological polar surface area (TPSA) is 32.7 Å². The molecule has 0 spiro atoms. The first-order chi connectivity index (χ1) is 11.5. The summed E-state index contributed by atoms with van der Waals surface area (Å²) < 4.78 is 0. The molecule has 24 heavy (non-hydrogen) atoms. The van der Waals surface area contributed by atoms with Crippen LogP contribution in [0.25, 0.3) is 0 Å². The monoisotopic (exact) mass is 320 g/mol. The molecule has 3 rings (SSSR count). The highest BCUT2D eigenvalue weighted by Gasteiger charge is 2.33. The zero-order valence-corrected chi connectivity index (χ0v) is 14.8. The van der Waals surface area contributed by atoms with Gasteiger partial charge in [0.15, 0.2) is 0 Å². The van der Waals surface area contributed by atoms with E-state index < -0.39 is 0 Å². The van der Waals surface area contributed by atoms with Crippen molar-refractivity contribution >= 4 is 23.0 Å². The second-order valence-electron chi connectivity index (χ2n) is 6.89. The molecule has 124 valence electrons. The minimum atomic E-state index is 0.00933. The maximum atomic E-state index is 12.9. The molecule has 0 N–H and O–H groups in total. The number of nitrogens with zero attached hydrogens (tertiary/aromatic N) is 2. The third kappa shape index (κ3) is 3.12. The number of anilines is 1. The first-order valence-corrected chi connectivity index (χ1v) is 8.54. The molecule has 0 atom stereocenters. The van der Waals surface area contributed by atoms with Gasteiger partial charge in [-0.1, -0.05) is 38.1 Å². The Labute approximate surface area is 144 Å². The van der Waals surface area contributed by atoms with Crippen LogP contribution < -0.4 is 4.90 Å². The van der Waals surface area contributed by atoms with Gasteiger partial charge in [-0.15, -0.1) is 0 Å². The van der Waals surface area contributed by atoms with Gasteiger partial charge in [0.2, 0.25) is 0 Å². The van der Waals surface area contributed by atoms with Gasteiger partial charge in [0.1, 0.15) is 5.71 Å². The summed E-state index contributed by atoms with van der Waals surface area (Å²) >= 11 is 0. The molecular weight excluding hydrogens is 296 g/mol. The van der Waals surface area contributed by atoms with E-state index in [-0.39, 0.29) is 5.91 Å². The molecule has 0 fully saturated rings. The van der Waals surface area contributed by atoms with E-state index in [1.807, 2.05) is 41.3 Å². The molecule has 1 aliphatic heterocycles. The molecule has 3 nitrogen and oxygen atoms in total. The van der Waals surface area contributed by atoms with Crippen molar-refractivity contribution in [3.63, 3.8) is 0 Å². The lowest BCUT2D eigenvalue weighted by Crippen LogP contribution is -2.31. The average molecular weight is 320 g/mol. The zero-order valence-electron chi connectivity index (χ0n) is 14.8. The molecule has 0 radical (unpaired) electrons. The number of hydrogen-bond acceptors (Lipinski definition) is 2. The van der Waals surface area contributed by atoms with Crippen LogP contribution in [0.5, 0.6) is 0 Å². The Hall–Kier alpha value is -2.42. The van der Waals surface area contributed by atoms with Crippen molar-refractivity contribution in [2.45, 2.75) is 34.1 Å². The highest BCUT2D eigenvalue weighted by Crippen LogP contribution is 2.31. The van der Waals surface area contributed by atoms with Crippen molar-refractivity contribution in [1.29, 1.82) is 0 Å². The van der Waals surface area contributed by atoms with Crippen LogP contribution in [0.2, 0.25) is 0 Å². The molecule has 0 unspecified atom stereocenters. The number of aliphatic imine (C=N–C) groups is 1. The zero-order chi connectivity index (χ0) is 17.3. The van der Waals surface area contributed by atoms with Crippen LogP contribution in [0, 0.1) is 19.8 Å². The van der Waals surface area contributed by atoms with E-state index in [1.54, 1.807) is 0 Å². The van der Waals surface area contributed by atoms with Crippen LogP contribution >= 0.6 is 0 Å². The average Bonchev–Trinajstić information content (AvgIpc) is 2.81. The Morgan fingerprint density at radius 3 is 2.50 bits per heavy atom. The first-order valence-electron chi connectivity index (χ1n) is 8.54. The van der Waals surface area contributed by atoms with E-state index in [0.717, 1.165) is 29.9 Å². The van der Waals surface area contributed by atoms with Crippen molar-refractivity contribution in [1.82, 2.24) is 0 Å². The Balaban J connectivity index is 2.00. The van der Waals surface area contributed by atoms with Crippen molar-refractivity contribution in [3.05, 3.63) is 59.2 Å². The Morgan fingerprint density at radius 2 is 1.79 bits per heavy atom. The lowest BCUT2D eigenvalue weighted by molar-refractivity contribution is -0.112. The van der Waals surface area contributed by atoms with Crippen molar-refractivity contribution in [2.75, 3.05) is 11.4 Å². The van der Waals surface area contributed by atoms with Gasteiger partial charge in [0, 0.05) is 12.1 Å². The fourth-order valence-corrected chi connectivity index (χ4v) is 2.90. The summed E-state index contributed by atoms with van der Waals surface area (Å²) in [6.45, 7) is 9.24. The normalized spacial score (nSPS) is 15.5. The van der Waals surface area contributed by atoms with E-state index >= 15 is 0 Å². The fraction of sp³-hybridized carbons (Fsp3) is 0.333. The Morgan fingerprint density at radius 1 is 1.04 bits per heavy atom. The third-order valence-electron chi connectivity index (χ3n) is 4.56. The number of benzene rings is 2. The summed E-state index contributed by atoms with van der Waals surface area (Å²) in [5.74, 6) is 0.570. The number of fused-ring (bicyclic) bond motifs is 1. The number of carbonyl (C=O) groups is 1. The standard InChI is InChI=1S/C21H24N2O/c1-14(2)11-12-23-19-8-6-5-7-18(19)20(21(23)24)22-17-10-9-15(3)16(4)13-17/h5-10,13-14H,11-12H2,1-4H3. The maximum Gasteiger partial charge on any atom is 0.277 e. The predicted octanol–water partition coefficient (Wildman–Crippen LogP) is 4.82. The maximum absolute atomic E-state index is 12.9. The van der Waals surface area contributed by atoms with Crippen LogP contribution in [0.4, 0.5) is 11.4 Å². The number of amides is 1. The lowest BCUT2D eigenvalue weighted by Gasteiger charge is -2.17. The minimum absolute atomic E-state index is 0.00933. The molecule has 2 aromatic rings. The number of para-hydroxylation sites is 1. The van der Waals surface area contributed by atoms with Gasteiger partial charge >= 0.3 is 0 Å². The molecule has 1 heterocycles. The largest absolute Gasteiger partial charge is 0.306 e. The van der Waals surface area contributed by atoms with E-state index in [9.17, 15) is 4.79 Å². The molecular formula is C21H24N2O. The van der Waals surface area contributed by atoms with E-state index in [4.69, 9.17) is 0 Å². The SMILES string of the molecule is Cc1ccc(N=C2C(=O)N(CCC(C)C)c3ccccc32)cc1C. The van der Waals surface area contributed by atoms with Crippen molar-refractivity contribution < 1.29 is 4.79 Å². The predicted molar refractivity (Wildman–Crippen MR) is 100 cm³/mol. The molecule has 0 aromatic heterocycles. The molecule has 0 saturated heterocycles. The van der Waals surface area contributed by atoms with Gasteiger partial charge in [-0.25, -0.2) is 4.99 Å². The van der Waals surface area contributed by atoms with Gasteiger partial charge in [-0.2, -0.15) is 0 Å². The molecule has 3 heteroatoms. The van der Waals surface area contributed by atoms with E-state index in [2.05, 4.69) is 38.8 Å². The smallest absolute Gasteiger partial charge is 0.277 e. The van der Waals surface area contributed by atoms with Crippen LogP contribution in [-0.4, -0.2) is 18.2 Å². The summed E-state index contributed by atoms with van der Waals surface area (Å²) in [4.78, 5) is 19.5. The lowest BCUT2D eigenvalue weighted by atomic mass is 10.1. The van der Waals surface area contributed by atoms with E-state index in [1.165, 1.54) is 11.1 Å². The van der Waals surface area contributed by atoms with Crippen LogP contribution in [0.3, 0.4) is 0 Å². The summed E-state index contributed by atoms with van der Waals surface area (Å²) in [5, 5.41) is 0. The van der Waals surface area contributed by atoms with Crippen LogP contribution in [0.15, 0.2) is 47.5 Å².